The van der Waals surface area contributed by atoms with Crippen LogP contribution in [-0.2, 0) is 33.8 Å². The van der Waals surface area contributed by atoms with E-state index in [1.807, 2.05) is 122 Å². The van der Waals surface area contributed by atoms with Crippen molar-refractivity contribution in [1.29, 1.82) is 0 Å². The fourth-order valence-corrected chi connectivity index (χ4v) is 4.89. The highest BCUT2D eigenvalue weighted by Crippen LogP contribution is 2.21. The van der Waals surface area contributed by atoms with Crippen molar-refractivity contribution in [1.82, 2.24) is 10.6 Å². The maximum absolute atomic E-state index is 13.6. The van der Waals surface area contributed by atoms with Crippen molar-refractivity contribution in [2.75, 3.05) is 0 Å². The first-order chi connectivity index (χ1) is 19.6. The molecule has 1 radical (unpaired) electrons. The summed E-state index contributed by atoms with van der Waals surface area (Å²) < 4.78 is 5.40. The van der Waals surface area contributed by atoms with Gasteiger partial charge in [-0.2, -0.15) is 0 Å². The van der Waals surface area contributed by atoms with Gasteiger partial charge in [-0.1, -0.05) is 115 Å². The number of carbonyl (C=O) groups is 2. The number of fused-ring (bicyclic) bond motifs is 2. The SMILES string of the molecule is O=[C][C@H](Cc1cccc2ccccc12)NC(=O)[C@H](Cc1cccc2ccccc12)NC(=O)OCc1ccccc1. The predicted octanol–water partition coefficient (Wildman–Crippen LogP) is 5.67. The predicted molar refractivity (Wildman–Crippen MR) is 156 cm³/mol. The van der Waals surface area contributed by atoms with Crippen molar-refractivity contribution in [2.45, 2.75) is 31.5 Å². The van der Waals surface area contributed by atoms with E-state index in [-0.39, 0.29) is 19.4 Å². The van der Waals surface area contributed by atoms with Gasteiger partial charge >= 0.3 is 6.09 Å². The van der Waals surface area contributed by atoms with Crippen LogP contribution in [0.25, 0.3) is 21.5 Å². The zero-order valence-corrected chi connectivity index (χ0v) is 21.9. The summed E-state index contributed by atoms with van der Waals surface area (Å²) in [5, 5.41) is 9.58. The van der Waals surface area contributed by atoms with Gasteiger partial charge in [-0.3, -0.25) is 9.59 Å². The molecule has 0 aliphatic rings. The summed E-state index contributed by atoms with van der Waals surface area (Å²) in [7, 11) is 0. The minimum atomic E-state index is -0.975. The summed E-state index contributed by atoms with van der Waals surface area (Å²) in [5.74, 6) is -0.488. The largest absolute Gasteiger partial charge is 0.445 e. The van der Waals surface area contributed by atoms with Crippen LogP contribution in [0.2, 0.25) is 0 Å². The van der Waals surface area contributed by atoms with E-state index in [1.165, 1.54) is 0 Å². The summed E-state index contributed by atoms with van der Waals surface area (Å²) in [6.45, 7) is 0.0705. The highest BCUT2D eigenvalue weighted by atomic mass is 16.5. The summed E-state index contributed by atoms with van der Waals surface area (Å²) >= 11 is 0. The van der Waals surface area contributed by atoms with Gasteiger partial charge in [-0.25, -0.2) is 4.79 Å². The van der Waals surface area contributed by atoms with Gasteiger partial charge in [0.2, 0.25) is 12.2 Å². The maximum Gasteiger partial charge on any atom is 0.408 e. The molecule has 0 spiro atoms. The molecule has 0 aromatic heterocycles. The molecular weight excluding hydrogens is 500 g/mol. The fourth-order valence-electron chi connectivity index (χ4n) is 4.89. The topological polar surface area (TPSA) is 84.5 Å². The monoisotopic (exact) mass is 529 g/mol. The Balaban J connectivity index is 1.34. The molecule has 0 saturated carbocycles. The molecule has 0 unspecified atom stereocenters. The number of rotatable bonds is 10. The first kappa shape index (κ1) is 26.6. The molecule has 40 heavy (non-hydrogen) atoms. The quantitative estimate of drug-likeness (QED) is 0.244. The van der Waals surface area contributed by atoms with Crippen molar-refractivity contribution in [3.8, 4) is 0 Å². The smallest absolute Gasteiger partial charge is 0.408 e. The lowest BCUT2D eigenvalue weighted by Gasteiger charge is -2.21. The molecule has 5 aromatic rings. The van der Waals surface area contributed by atoms with Crippen LogP contribution < -0.4 is 10.6 Å². The van der Waals surface area contributed by atoms with Crippen LogP contribution in [0.4, 0.5) is 4.79 Å². The fraction of sp³-hybridized carbons (Fsp3) is 0.147. The molecule has 6 nitrogen and oxygen atoms in total. The Hall–Kier alpha value is -4.97. The van der Waals surface area contributed by atoms with Gasteiger partial charge in [0, 0.05) is 12.8 Å². The van der Waals surface area contributed by atoms with E-state index >= 15 is 0 Å². The third-order valence-corrected chi connectivity index (χ3v) is 6.89. The number of hydrogen-bond acceptors (Lipinski definition) is 4. The number of alkyl carbamates (subject to hydrolysis) is 1. The van der Waals surface area contributed by atoms with Crippen molar-refractivity contribution in [3.63, 3.8) is 0 Å². The lowest BCUT2D eigenvalue weighted by molar-refractivity contribution is -0.123. The van der Waals surface area contributed by atoms with Crippen molar-refractivity contribution >= 4 is 39.8 Å². The lowest BCUT2D eigenvalue weighted by atomic mass is 9.97. The van der Waals surface area contributed by atoms with E-state index < -0.39 is 24.1 Å². The molecular formula is C34H29N2O4. The third-order valence-electron chi connectivity index (χ3n) is 6.89. The van der Waals surface area contributed by atoms with Crippen LogP contribution in [0.5, 0.6) is 0 Å². The summed E-state index contributed by atoms with van der Waals surface area (Å²) in [4.78, 5) is 38.3. The van der Waals surface area contributed by atoms with Gasteiger partial charge in [-0.15, -0.1) is 0 Å². The highest BCUT2D eigenvalue weighted by molar-refractivity contribution is 5.91. The van der Waals surface area contributed by atoms with Gasteiger partial charge in [0.15, 0.2) is 0 Å². The van der Waals surface area contributed by atoms with Crippen molar-refractivity contribution in [3.05, 3.63) is 132 Å². The minimum Gasteiger partial charge on any atom is -0.445 e. The molecule has 2 amide bonds. The van der Waals surface area contributed by atoms with Crippen molar-refractivity contribution < 1.29 is 19.1 Å². The number of amides is 2. The van der Waals surface area contributed by atoms with Crippen LogP contribution in [0.15, 0.2) is 115 Å². The van der Waals surface area contributed by atoms with Gasteiger partial charge in [0.25, 0.3) is 0 Å². The van der Waals surface area contributed by atoms with Crippen molar-refractivity contribution in [2.24, 2.45) is 0 Å². The van der Waals surface area contributed by atoms with E-state index in [4.69, 9.17) is 4.74 Å². The molecule has 2 atom stereocenters. The normalized spacial score (nSPS) is 12.4. The zero-order chi connectivity index (χ0) is 27.7. The standard InChI is InChI=1S/C34H29N2O4/c37-22-29(20-27-16-8-14-25-12-4-6-18-30(25)27)35-33(38)32(36-34(39)40-23-24-10-2-1-3-11-24)21-28-17-9-15-26-13-5-7-19-31(26)28/h1-19,29,32H,20-21,23H2,(H,35,38)(H,36,39)/t29-,32-/m0/s1. The van der Waals surface area contributed by atoms with Crippen LogP contribution in [-0.4, -0.2) is 30.4 Å². The molecule has 0 saturated heterocycles. The Kier molecular flexibility index (Phi) is 8.47. The highest BCUT2D eigenvalue weighted by Gasteiger charge is 2.26. The van der Waals surface area contributed by atoms with Gasteiger partial charge < -0.3 is 15.4 Å². The molecule has 6 heteroatoms. The first-order valence-corrected chi connectivity index (χ1v) is 13.2. The van der Waals surface area contributed by atoms with Crippen LogP contribution in [0.3, 0.4) is 0 Å². The molecule has 0 heterocycles. The number of carbonyl (C=O) groups excluding carboxylic acids is 3. The molecule has 5 aromatic carbocycles. The average Bonchev–Trinajstić information content (AvgIpc) is 3.00. The van der Waals surface area contributed by atoms with Gasteiger partial charge in [0.05, 0.1) is 6.04 Å². The minimum absolute atomic E-state index is 0.0705. The van der Waals surface area contributed by atoms with Gasteiger partial charge in [-0.05, 0) is 38.2 Å². The van der Waals surface area contributed by atoms with E-state index in [9.17, 15) is 14.4 Å². The lowest BCUT2D eigenvalue weighted by Crippen LogP contribution is -2.51. The van der Waals surface area contributed by atoms with Crippen LogP contribution >= 0.6 is 0 Å². The molecule has 0 aliphatic carbocycles. The Labute approximate surface area is 233 Å². The number of hydrogen-bond donors (Lipinski definition) is 2. The zero-order valence-electron chi connectivity index (χ0n) is 21.9. The van der Waals surface area contributed by atoms with Crippen LogP contribution in [0.1, 0.15) is 16.7 Å². The number of ether oxygens (including phenoxy) is 1. The van der Waals surface area contributed by atoms with E-state index in [0.29, 0.717) is 0 Å². The summed E-state index contributed by atoms with van der Waals surface area (Å²) in [5.41, 5.74) is 2.65. The molecule has 0 bridgehead atoms. The molecule has 0 fully saturated rings. The third kappa shape index (κ3) is 6.53. The maximum atomic E-state index is 13.6. The average molecular weight is 530 g/mol. The van der Waals surface area contributed by atoms with E-state index in [0.717, 1.165) is 38.2 Å². The second-order valence-corrected chi connectivity index (χ2v) is 9.62. The summed E-state index contributed by atoms with van der Waals surface area (Å²) in [6.07, 6.45) is 1.74. The summed E-state index contributed by atoms with van der Waals surface area (Å²) in [6, 6.07) is 34.9. The Morgan fingerprint density at radius 3 is 1.82 bits per heavy atom. The second kappa shape index (κ2) is 12.7. The Morgan fingerprint density at radius 2 is 1.20 bits per heavy atom. The molecule has 2 N–H and O–H groups in total. The Bertz CT molecular complexity index is 1620. The van der Waals surface area contributed by atoms with Gasteiger partial charge in [0.1, 0.15) is 12.6 Å². The first-order valence-electron chi connectivity index (χ1n) is 13.2. The number of benzene rings is 5. The molecule has 5 rings (SSSR count). The molecule has 199 valence electrons. The second-order valence-electron chi connectivity index (χ2n) is 9.62. The molecule has 0 aliphatic heterocycles. The Morgan fingerprint density at radius 1 is 0.650 bits per heavy atom. The van der Waals surface area contributed by atoms with Crippen LogP contribution in [0, 0.1) is 0 Å². The number of nitrogens with one attached hydrogen (secondary N) is 2. The van der Waals surface area contributed by atoms with E-state index in [1.54, 1.807) is 0 Å². The van der Waals surface area contributed by atoms with E-state index in [2.05, 4.69) is 10.6 Å².